The van der Waals surface area contributed by atoms with Crippen molar-refractivity contribution in [2.24, 2.45) is 0 Å². The number of aliphatic hydroxyl groups excluding tert-OH is 1. The normalized spacial score (nSPS) is 17.8. The van der Waals surface area contributed by atoms with E-state index in [1.165, 1.54) is 0 Å². The molecule has 6 nitrogen and oxygen atoms in total. The molecule has 0 aliphatic carbocycles. The number of anilines is 1. The molecule has 1 aromatic carbocycles. The topological polar surface area (TPSA) is 76.9 Å². The second-order valence-corrected chi connectivity index (χ2v) is 8.44. The Balaban J connectivity index is 0.000000212. The predicted molar refractivity (Wildman–Crippen MR) is 116 cm³/mol. The first-order valence-electron chi connectivity index (χ1n) is 10.1. The predicted octanol–water partition coefficient (Wildman–Crippen LogP) is 4.16. The number of ether oxygens (including phenoxy) is 1. The van der Waals surface area contributed by atoms with Crippen molar-refractivity contribution in [2.75, 3.05) is 37.3 Å². The molecule has 0 aromatic heterocycles. The number of benzene rings is 1. The van der Waals surface area contributed by atoms with Crippen molar-refractivity contribution >= 4 is 29.3 Å². The highest BCUT2D eigenvalue weighted by Gasteiger charge is 2.22. The van der Waals surface area contributed by atoms with Gasteiger partial charge in [-0.15, -0.1) is 11.8 Å². The van der Waals surface area contributed by atoms with Gasteiger partial charge >= 0.3 is 6.09 Å². The molecule has 0 spiro atoms. The van der Waals surface area contributed by atoms with Gasteiger partial charge in [-0.25, -0.2) is 9.18 Å². The molecule has 1 aromatic rings. The first kappa shape index (κ1) is 23.5. The van der Waals surface area contributed by atoms with E-state index >= 15 is 0 Å². The van der Waals surface area contributed by atoms with E-state index in [1.807, 2.05) is 37.1 Å². The maximum atomic E-state index is 13.8. The van der Waals surface area contributed by atoms with Crippen LogP contribution >= 0.6 is 11.8 Å². The minimum atomic E-state index is -0.262. The summed E-state index contributed by atoms with van der Waals surface area (Å²) in [7, 11) is 0. The lowest BCUT2D eigenvalue weighted by atomic mass is 10.1. The number of amides is 1. The molecule has 1 amide bonds. The second-order valence-electron chi connectivity index (χ2n) is 7.56. The Morgan fingerprint density at radius 1 is 1.24 bits per heavy atom. The fourth-order valence-corrected chi connectivity index (χ4v) is 3.64. The number of halogens is 1. The van der Waals surface area contributed by atoms with E-state index in [-0.39, 0.29) is 24.1 Å². The number of hydrogen-bond acceptors (Lipinski definition) is 6. The summed E-state index contributed by atoms with van der Waals surface area (Å²) >= 11 is 1.55. The smallest absolute Gasteiger partial charge is 0.410 e. The minimum absolute atomic E-state index is 0.0700. The number of piperidine rings is 2. The monoisotopic (exact) mass is 425 g/mol. The molecule has 3 rings (SSSR count). The molecule has 2 fully saturated rings. The number of carbonyl (C=O) groups excluding carboxylic acids is 1. The second kappa shape index (κ2) is 11.4. The lowest BCUT2D eigenvalue weighted by Gasteiger charge is -2.29. The molecule has 0 atom stereocenters. The zero-order valence-electron chi connectivity index (χ0n) is 17.5. The highest BCUT2D eigenvalue weighted by molar-refractivity contribution is 7.98. The lowest BCUT2D eigenvalue weighted by Crippen LogP contribution is -2.41. The molecular formula is C21H32FN3O3S. The number of rotatable bonds is 3. The van der Waals surface area contributed by atoms with Crippen molar-refractivity contribution < 1.29 is 19.0 Å². The molecule has 0 unspecified atom stereocenters. The summed E-state index contributed by atoms with van der Waals surface area (Å²) in [6, 6.07) is 5.37. The van der Waals surface area contributed by atoms with Crippen LogP contribution in [0, 0.1) is 11.2 Å². The molecule has 2 aliphatic heterocycles. The number of nitrogens with one attached hydrogen (secondary N) is 1. The third kappa shape index (κ3) is 7.51. The van der Waals surface area contributed by atoms with Crippen LogP contribution in [0.15, 0.2) is 23.1 Å². The van der Waals surface area contributed by atoms with E-state index in [4.69, 9.17) is 10.1 Å². The largest absolute Gasteiger partial charge is 0.447 e. The van der Waals surface area contributed by atoms with Crippen molar-refractivity contribution in [1.29, 1.82) is 5.41 Å². The van der Waals surface area contributed by atoms with Gasteiger partial charge in [0.2, 0.25) is 0 Å². The van der Waals surface area contributed by atoms with Crippen LogP contribution in [0.1, 0.15) is 39.5 Å². The summed E-state index contributed by atoms with van der Waals surface area (Å²) < 4.78 is 18.8. The van der Waals surface area contributed by atoms with Gasteiger partial charge in [-0.1, -0.05) is 0 Å². The Hall–Kier alpha value is -1.80. The maximum absolute atomic E-state index is 13.8. The summed E-state index contributed by atoms with van der Waals surface area (Å²) in [6.45, 7) is 6.38. The van der Waals surface area contributed by atoms with E-state index in [2.05, 4.69) is 0 Å². The fraction of sp³-hybridized carbons (Fsp3) is 0.619. The molecule has 0 radical (unpaired) electrons. The van der Waals surface area contributed by atoms with Crippen molar-refractivity contribution in [3.05, 3.63) is 24.0 Å². The van der Waals surface area contributed by atoms with Gasteiger partial charge in [-0.2, -0.15) is 0 Å². The van der Waals surface area contributed by atoms with Gasteiger partial charge in [0.25, 0.3) is 0 Å². The van der Waals surface area contributed by atoms with E-state index in [0.29, 0.717) is 31.6 Å². The summed E-state index contributed by atoms with van der Waals surface area (Å²) in [5, 5.41) is 16.7. The zero-order valence-corrected chi connectivity index (χ0v) is 18.3. The van der Waals surface area contributed by atoms with Crippen molar-refractivity contribution in [3.63, 3.8) is 0 Å². The third-order valence-electron chi connectivity index (χ3n) is 4.92. The summed E-state index contributed by atoms with van der Waals surface area (Å²) in [6.07, 6.45) is 4.19. The number of likely N-dealkylation sites (tertiary alicyclic amines) is 1. The van der Waals surface area contributed by atoms with E-state index < -0.39 is 0 Å². The highest BCUT2D eigenvalue weighted by Crippen LogP contribution is 2.26. The van der Waals surface area contributed by atoms with Gasteiger partial charge in [0.05, 0.1) is 17.9 Å². The van der Waals surface area contributed by atoms with Crippen LogP contribution in [0.25, 0.3) is 0 Å². The number of nitrogens with zero attached hydrogens (tertiary/aromatic N) is 2. The molecule has 2 N–H and O–H groups in total. The van der Waals surface area contributed by atoms with Gasteiger partial charge in [0.1, 0.15) is 5.82 Å². The van der Waals surface area contributed by atoms with Crippen LogP contribution in [0.5, 0.6) is 0 Å². The van der Waals surface area contributed by atoms with E-state index in [0.717, 1.165) is 36.5 Å². The van der Waals surface area contributed by atoms with Crippen LogP contribution in [0.4, 0.5) is 14.9 Å². The quantitative estimate of drug-likeness (QED) is 0.712. The molecule has 2 aliphatic rings. The van der Waals surface area contributed by atoms with Crippen LogP contribution in [0.2, 0.25) is 0 Å². The number of aliphatic hydroxyl groups is 1. The standard InChI is InChI=1S/C12H15FN2S.C9H17NO3/c1-16-10-2-3-12(11(13)8-10)15-6-4-9(14)5-7-15;1-7(2)13-9(12)10-5-3-8(11)4-6-10/h2-3,8,14H,4-7H2,1H3;7-8,11H,3-6H2,1-2H3. The van der Waals surface area contributed by atoms with Crippen molar-refractivity contribution in [3.8, 4) is 0 Å². The molecular weight excluding hydrogens is 393 g/mol. The lowest BCUT2D eigenvalue weighted by molar-refractivity contribution is 0.0457. The van der Waals surface area contributed by atoms with Crippen LogP contribution in [-0.2, 0) is 4.74 Å². The maximum Gasteiger partial charge on any atom is 0.410 e. The Morgan fingerprint density at radius 2 is 1.86 bits per heavy atom. The van der Waals surface area contributed by atoms with Crippen LogP contribution in [-0.4, -0.2) is 66.5 Å². The first-order valence-corrected chi connectivity index (χ1v) is 11.3. The van der Waals surface area contributed by atoms with Crippen molar-refractivity contribution in [2.45, 2.75) is 56.6 Å². The first-order chi connectivity index (χ1) is 13.8. The van der Waals surface area contributed by atoms with Gasteiger partial charge < -0.3 is 25.1 Å². The van der Waals surface area contributed by atoms with E-state index in [1.54, 1.807) is 22.7 Å². The van der Waals surface area contributed by atoms with Gasteiger partial charge in [-0.05, 0) is 51.1 Å². The molecule has 29 heavy (non-hydrogen) atoms. The molecule has 8 heteroatoms. The highest BCUT2D eigenvalue weighted by atomic mass is 32.2. The molecule has 0 saturated carbocycles. The summed E-state index contributed by atoms with van der Waals surface area (Å²) in [5.41, 5.74) is 1.45. The zero-order chi connectivity index (χ0) is 21.4. The summed E-state index contributed by atoms with van der Waals surface area (Å²) in [4.78, 5) is 16.0. The number of carbonyl (C=O) groups is 1. The van der Waals surface area contributed by atoms with E-state index in [9.17, 15) is 14.3 Å². The Labute approximate surface area is 176 Å². The van der Waals surface area contributed by atoms with Gasteiger partial charge in [0.15, 0.2) is 0 Å². The minimum Gasteiger partial charge on any atom is -0.447 e. The molecule has 2 saturated heterocycles. The Morgan fingerprint density at radius 3 is 2.38 bits per heavy atom. The average molecular weight is 426 g/mol. The molecule has 2 heterocycles. The van der Waals surface area contributed by atoms with Gasteiger partial charge in [-0.3, -0.25) is 0 Å². The average Bonchev–Trinajstić information content (AvgIpc) is 2.69. The number of thioether (sulfide) groups is 1. The summed E-state index contributed by atoms with van der Waals surface area (Å²) in [5.74, 6) is -0.153. The van der Waals surface area contributed by atoms with Crippen molar-refractivity contribution in [1.82, 2.24) is 4.90 Å². The molecule has 0 bridgehead atoms. The Bertz CT molecular complexity index is 684. The Kier molecular flexibility index (Phi) is 9.23. The third-order valence-corrected chi connectivity index (χ3v) is 5.65. The SMILES string of the molecule is CC(C)OC(=O)N1CCC(O)CC1.CSc1ccc(N2CCC(=N)CC2)c(F)c1. The van der Waals surface area contributed by atoms with Gasteiger partial charge in [0, 0.05) is 49.6 Å². The number of hydrogen-bond donors (Lipinski definition) is 2. The fourth-order valence-electron chi connectivity index (χ4n) is 3.21. The van der Waals surface area contributed by atoms with Crippen LogP contribution < -0.4 is 4.90 Å². The van der Waals surface area contributed by atoms with Crippen LogP contribution in [0.3, 0.4) is 0 Å². The molecule has 162 valence electrons.